The van der Waals surface area contributed by atoms with Gasteiger partial charge < -0.3 is 15.6 Å². The fourth-order valence-electron chi connectivity index (χ4n) is 3.95. The smallest absolute Gasteiger partial charge is 0.256 e. The highest BCUT2D eigenvalue weighted by Crippen LogP contribution is 2.38. The minimum atomic E-state index is -3.75. The molecule has 2 aliphatic rings. The number of nitrogens with zero attached hydrogens (tertiary/aromatic N) is 2. The molecule has 1 amide bonds. The Bertz CT molecular complexity index is 1240. The van der Waals surface area contributed by atoms with Crippen molar-refractivity contribution in [2.24, 2.45) is 0 Å². The first kappa shape index (κ1) is 19.0. The number of aromatic amines is 1. The molecule has 0 radical (unpaired) electrons. The molecule has 0 saturated carbocycles. The van der Waals surface area contributed by atoms with Gasteiger partial charge in [-0.1, -0.05) is 18.2 Å². The van der Waals surface area contributed by atoms with Crippen LogP contribution in [0.3, 0.4) is 0 Å². The van der Waals surface area contributed by atoms with Gasteiger partial charge in [-0.3, -0.25) is 4.79 Å². The molecule has 0 spiro atoms. The summed E-state index contributed by atoms with van der Waals surface area (Å²) in [5, 5.41) is 6.00. The zero-order valence-electron chi connectivity index (χ0n) is 16.2. The Morgan fingerprint density at radius 2 is 1.90 bits per heavy atom. The Morgan fingerprint density at radius 1 is 1.03 bits per heavy atom. The topological polar surface area (TPSA) is 107 Å². The van der Waals surface area contributed by atoms with Crippen molar-refractivity contribution in [2.75, 3.05) is 31.5 Å². The van der Waals surface area contributed by atoms with Gasteiger partial charge in [0.1, 0.15) is 5.82 Å². The van der Waals surface area contributed by atoms with Crippen molar-refractivity contribution < 1.29 is 13.2 Å². The molecule has 9 heteroatoms. The van der Waals surface area contributed by atoms with E-state index in [1.807, 2.05) is 24.3 Å². The summed E-state index contributed by atoms with van der Waals surface area (Å²) in [4.78, 5) is 20.5. The van der Waals surface area contributed by atoms with Crippen LogP contribution in [0.4, 0.5) is 5.69 Å². The molecule has 5 rings (SSSR count). The van der Waals surface area contributed by atoms with E-state index < -0.39 is 10.0 Å². The Morgan fingerprint density at radius 3 is 2.77 bits per heavy atom. The molecule has 2 aliphatic heterocycles. The second kappa shape index (κ2) is 7.35. The molecule has 0 atom stereocenters. The number of nitrogens with one attached hydrogen (secondary N) is 3. The number of anilines is 1. The minimum absolute atomic E-state index is 0.141. The number of fused-ring (bicyclic) bond motifs is 2. The summed E-state index contributed by atoms with van der Waals surface area (Å²) in [6, 6.07) is 12.5. The fraction of sp³-hybridized carbons (Fsp3) is 0.238. The number of imidazole rings is 1. The van der Waals surface area contributed by atoms with Gasteiger partial charge in [-0.15, -0.1) is 0 Å². The third-order valence-electron chi connectivity index (χ3n) is 5.39. The predicted octanol–water partition coefficient (Wildman–Crippen LogP) is 2.04. The van der Waals surface area contributed by atoms with Crippen LogP contribution in [-0.4, -0.2) is 54.8 Å². The van der Waals surface area contributed by atoms with Crippen molar-refractivity contribution in [1.82, 2.24) is 19.6 Å². The maximum absolute atomic E-state index is 13.5. The van der Waals surface area contributed by atoms with Crippen LogP contribution < -0.4 is 10.6 Å². The van der Waals surface area contributed by atoms with Crippen molar-refractivity contribution in [3.63, 3.8) is 0 Å². The molecule has 3 aromatic rings. The third kappa shape index (κ3) is 3.20. The van der Waals surface area contributed by atoms with E-state index in [0.29, 0.717) is 36.7 Å². The highest BCUT2D eigenvalue weighted by molar-refractivity contribution is 7.89. The summed E-state index contributed by atoms with van der Waals surface area (Å²) < 4.78 is 28.4. The molecule has 0 bridgehead atoms. The third-order valence-corrected chi connectivity index (χ3v) is 7.34. The van der Waals surface area contributed by atoms with Crippen molar-refractivity contribution in [2.45, 2.75) is 11.3 Å². The monoisotopic (exact) mass is 423 g/mol. The quantitative estimate of drug-likeness (QED) is 0.559. The van der Waals surface area contributed by atoms with E-state index >= 15 is 0 Å². The average Bonchev–Trinajstić information content (AvgIpc) is 3.14. The van der Waals surface area contributed by atoms with Crippen LogP contribution in [0.5, 0.6) is 0 Å². The largest absolute Gasteiger partial charge is 0.338 e. The van der Waals surface area contributed by atoms with Gasteiger partial charge in [0.25, 0.3) is 5.91 Å². The van der Waals surface area contributed by atoms with Gasteiger partial charge >= 0.3 is 0 Å². The summed E-state index contributed by atoms with van der Waals surface area (Å²) in [5.74, 6) is 0.158. The lowest BCUT2D eigenvalue weighted by Gasteiger charge is -2.21. The Kier molecular flexibility index (Phi) is 4.65. The number of para-hydroxylation sites is 2. The van der Waals surface area contributed by atoms with Crippen LogP contribution in [0.2, 0.25) is 0 Å². The second-order valence-corrected chi connectivity index (χ2v) is 9.24. The molecule has 8 nitrogen and oxygen atoms in total. The zero-order chi connectivity index (χ0) is 20.7. The van der Waals surface area contributed by atoms with Gasteiger partial charge in [-0.05, 0) is 43.3 Å². The van der Waals surface area contributed by atoms with Gasteiger partial charge in [0.15, 0.2) is 0 Å². The van der Waals surface area contributed by atoms with Crippen LogP contribution in [0.1, 0.15) is 17.8 Å². The van der Waals surface area contributed by atoms with E-state index in [-0.39, 0.29) is 16.4 Å². The van der Waals surface area contributed by atoms with Crippen LogP contribution in [0.25, 0.3) is 22.7 Å². The standard InChI is InChI=1S/C21H21N5O3S/c27-21-14(13-19-23-15-5-1-2-6-16(15)24-19)20-17(25-21)7-3-8-18(20)30(28,29)26-11-4-9-22-10-12-26/h1-3,5-8,13,22H,4,9-12H2,(H,23,24)(H,25,27)/b14-13-. The second-order valence-electron chi connectivity index (χ2n) is 7.34. The molecule has 154 valence electrons. The number of aromatic nitrogens is 2. The normalized spacial score (nSPS) is 19.1. The van der Waals surface area contributed by atoms with Crippen molar-refractivity contribution in [3.05, 3.63) is 53.9 Å². The molecule has 3 heterocycles. The summed E-state index contributed by atoms with van der Waals surface area (Å²) in [6.07, 6.45) is 2.36. The molecule has 1 saturated heterocycles. The molecule has 30 heavy (non-hydrogen) atoms. The molecule has 0 aliphatic carbocycles. The lowest BCUT2D eigenvalue weighted by molar-refractivity contribution is -0.110. The van der Waals surface area contributed by atoms with Gasteiger partial charge in [0.2, 0.25) is 10.0 Å². The zero-order valence-corrected chi connectivity index (χ0v) is 17.0. The fourth-order valence-corrected chi connectivity index (χ4v) is 5.65. The lowest BCUT2D eigenvalue weighted by Crippen LogP contribution is -2.34. The molecular weight excluding hydrogens is 402 g/mol. The van der Waals surface area contributed by atoms with Gasteiger partial charge in [-0.2, -0.15) is 4.31 Å². The van der Waals surface area contributed by atoms with E-state index in [2.05, 4.69) is 20.6 Å². The first-order valence-electron chi connectivity index (χ1n) is 9.86. The van der Waals surface area contributed by atoms with E-state index in [0.717, 1.165) is 24.0 Å². The molecule has 3 N–H and O–H groups in total. The Labute approximate surface area is 174 Å². The number of amides is 1. The Hall–Kier alpha value is -3.01. The number of benzene rings is 2. The molecular formula is C21H21N5O3S. The molecule has 2 aromatic carbocycles. The van der Waals surface area contributed by atoms with Crippen molar-refractivity contribution in [1.29, 1.82) is 0 Å². The SMILES string of the molecule is O=C1Nc2cccc(S(=O)(=O)N3CCCNCC3)c2/C1=C/c1nc2ccccc2[nH]1. The van der Waals surface area contributed by atoms with Crippen LogP contribution in [-0.2, 0) is 14.8 Å². The minimum Gasteiger partial charge on any atom is -0.338 e. The van der Waals surface area contributed by atoms with Crippen LogP contribution >= 0.6 is 0 Å². The van der Waals surface area contributed by atoms with Crippen LogP contribution in [0, 0.1) is 0 Å². The van der Waals surface area contributed by atoms with Gasteiger partial charge in [0.05, 0.1) is 27.2 Å². The summed E-state index contributed by atoms with van der Waals surface area (Å²) in [6.45, 7) is 2.24. The first-order valence-corrected chi connectivity index (χ1v) is 11.3. The summed E-state index contributed by atoms with van der Waals surface area (Å²) in [7, 11) is -3.75. The number of carbonyl (C=O) groups is 1. The maximum atomic E-state index is 13.5. The van der Waals surface area contributed by atoms with Gasteiger partial charge in [0, 0.05) is 25.2 Å². The highest BCUT2D eigenvalue weighted by atomic mass is 32.2. The van der Waals surface area contributed by atoms with E-state index in [1.54, 1.807) is 24.3 Å². The maximum Gasteiger partial charge on any atom is 0.256 e. The molecule has 1 aromatic heterocycles. The summed E-state index contributed by atoms with van der Waals surface area (Å²) >= 11 is 0. The molecule has 0 unspecified atom stereocenters. The number of sulfonamides is 1. The molecule has 1 fully saturated rings. The number of rotatable bonds is 3. The highest BCUT2D eigenvalue weighted by Gasteiger charge is 2.34. The Balaban J connectivity index is 1.62. The number of hydrogen-bond acceptors (Lipinski definition) is 5. The number of H-pyrrole nitrogens is 1. The van der Waals surface area contributed by atoms with Crippen LogP contribution in [0.15, 0.2) is 47.4 Å². The van der Waals surface area contributed by atoms with E-state index in [1.165, 1.54) is 4.31 Å². The number of carbonyl (C=O) groups excluding carboxylic acids is 1. The van der Waals surface area contributed by atoms with E-state index in [4.69, 9.17) is 0 Å². The number of hydrogen-bond donors (Lipinski definition) is 3. The lowest BCUT2D eigenvalue weighted by atomic mass is 10.1. The van der Waals surface area contributed by atoms with E-state index in [9.17, 15) is 13.2 Å². The van der Waals surface area contributed by atoms with Crippen molar-refractivity contribution >= 4 is 44.3 Å². The summed E-state index contributed by atoms with van der Waals surface area (Å²) in [5.41, 5.74) is 2.81. The average molecular weight is 423 g/mol. The predicted molar refractivity (Wildman–Crippen MR) is 115 cm³/mol. The van der Waals surface area contributed by atoms with Gasteiger partial charge in [-0.25, -0.2) is 13.4 Å². The van der Waals surface area contributed by atoms with Crippen molar-refractivity contribution in [3.8, 4) is 0 Å². The first-order chi connectivity index (χ1) is 14.5.